The maximum atomic E-state index is 11.8. The number of hydrogen-bond donors (Lipinski definition) is 8. The minimum atomic E-state index is -0.481. The molecular weight excluding hydrogens is 716 g/mol. The van der Waals surface area contributed by atoms with Crippen molar-refractivity contribution in [2.24, 2.45) is 11.8 Å². The molecule has 0 bridgehead atoms. The molecule has 1 aliphatic carbocycles. The molecule has 0 aromatic heterocycles. The minimum Gasteiger partial charge on any atom is -0.460 e. The van der Waals surface area contributed by atoms with E-state index >= 15 is 0 Å². The number of carbonyl (C=O) groups is 7. The third kappa shape index (κ3) is 34.3. The Morgan fingerprint density at radius 1 is 0.745 bits per heavy atom. The Morgan fingerprint density at radius 2 is 1.29 bits per heavy atom. The fraction of sp³-hybridized carbons (Fsp3) is 0.757. The zero-order valence-corrected chi connectivity index (χ0v) is 33.4. The van der Waals surface area contributed by atoms with Crippen LogP contribution in [0.2, 0.25) is 0 Å². The standard InChI is InChI=1S/C19H36N4O6.C10H16N2O3.C8H18N2O/c1-20-12-4-2-6-15-23(29)19(27)11-10-17(25)21-13-5-3-7-14-22(28)18(26)9-8-16-24;11-12-10(14)8-3-1-2-4-9(6-5-8)15-7-13;1-8(11)10-7-5-3-4-6-9-2/h16,20,28-29H,2-15H2,1H3,(H,21,25);2,4,7-9H,1,3,5-6,11H2,(H,12,14);9H,3-7H2,1-2H3,(H,10,11)/b;4-2+;. The summed E-state index contributed by atoms with van der Waals surface area (Å²) in [6.07, 6.45) is 15.2. The molecule has 0 aliphatic heterocycles. The number of hydrogen-bond acceptors (Lipinski definition) is 13. The lowest BCUT2D eigenvalue weighted by atomic mass is 9.92. The van der Waals surface area contributed by atoms with Gasteiger partial charge in [-0.3, -0.25) is 44.6 Å². The van der Waals surface area contributed by atoms with E-state index < -0.39 is 11.8 Å². The molecule has 2 atom stereocenters. The van der Waals surface area contributed by atoms with Crippen molar-refractivity contribution in [3.63, 3.8) is 0 Å². The summed E-state index contributed by atoms with van der Waals surface area (Å²) in [5, 5.41) is 32.0. The van der Waals surface area contributed by atoms with Gasteiger partial charge in [-0.2, -0.15) is 0 Å². The number of aldehydes is 1. The van der Waals surface area contributed by atoms with Crippen LogP contribution in [0.1, 0.15) is 116 Å². The van der Waals surface area contributed by atoms with Crippen molar-refractivity contribution in [3.05, 3.63) is 12.2 Å². The van der Waals surface area contributed by atoms with Crippen LogP contribution in [0.25, 0.3) is 0 Å². The van der Waals surface area contributed by atoms with Crippen LogP contribution < -0.4 is 32.5 Å². The zero-order valence-electron chi connectivity index (χ0n) is 33.4. The Kier molecular flexibility index (Phi) is 37.0. The van der Waals surface area contributed by atoms with E-state index in [9.17, 15) is 44.0 Å². The van der Waals surface area contributed by atoms with Gasteiger partial charge in [0.05, 0.1) is 0 Å². The van der Waals surface area contributed by atoms with Gasteiger partial charge in [0.2, 0.25) is 29.5 Å². The van der Waals surface area contributed by atoms with Gasteiger partial charge in [-0.1, -0.05) is 18.9 Å². The molecule has 318 valence electrons. The monoisotopic (exact) mass is 787 g/mol. The van der Waals surface area contributed by atoms with Crippen molar-refractivity contribution in [1.82, 2.24) is 36.8 Å². The van der Waals surface area contributed by atoms with E-state index in [4.69, 9.17) is 10.6 Å². The van der Waals surface area contributed by atoms with Crippen molar-refractivity contribution >= 4 is 42.3 Å². The van der Waals surface area contributed by atoms with Crippen LogP contribution in [0, 0.1) is 5.92 Å². The van der Waals surface area contributed by atoms with Crippen LogP contribution in [0.4, 0.5) is 0 Å². The van der Waals surface area contributed by atoms with Crippen LogP contribution >= 0.6 is 0 Å². The number of rotatable bonds is 27. The topological polar surface area (TPSA) is 262 Å². The second kappa shape index (κ2) is 38.3. The fourth-order valence-corrected chi connectivity index (χ4v) is 5.11. The summed E-state index contributed by atoms with van der Waals surface area (Å²) in [5.74, 6) is 3.72. The Labute approximate surface area is 327 Å². The molecule has 18 heteroatoms. The molecule has 9 N–H and O–H groups in total. The second-order valence-electron chi connectivity index (χ2n) is 13.0. The zero-order chi connectivity index (χ0) is 41.5. The maximum Gasteiger partial charge on any atom is 0.293 e. The van der Waals surface area contributed by atoms with E-state index in [1.165, 1.54) is 12.8 Å². The summed E-state index contributed by atoms with van der Waals surface area (Å²) < 4.78 is 4.85. The van der Waals surface area contributed by atoms with Crippen molar-refractivity contribution in [1.29, 1.82) is 0 Å². The smallest absolute Gasteiger partial charge is 0.293 e. The first-order chi connectivity index (χ1) is 26.5. The number of unbranched alkanes of at least 4 members (excludes halogenated alkanes) is 6. The number of ether oxygens (including phenoxy) is 1. The van der Waals surface area contributed by atoms with Crippen LogP contribution in [-0.2, 0) is 38.3 Å². The molecule has 0 saturated heterocycles. The molecule has 5 amide bonds. The van der Waals surface area contributed by atoms with Gasteiger partial charge in [0.25, 0.3) is 6.47 Å². The summed E-state index contributed by atoms with van der Waals surface area (Å²) in [4.78, 5) is 77.0. The van der Waals surface area contributed by atoms with Gasteiger partial charge in [-0.05, 0) is 104 Å². The number of carbonyl (C=O) groups excluding carboxylic acids is 7. The third-order valence-corrected chi connectivity index (χ3v) is 8.34. The predicted octanol–water partition coefficient (Wildman–Crippen LogP) is 1.63. The summed E-state index contributed by atoms with van der Waals surface area (Å²) >= 11 is 0. The lowest BCUT2D eigenvalue weighted by Crippen LogP contribution is -2.36. The SMILES string of the molecule is CNCCCCCN(O)C(=O)CCC(=O)NCCCCCN(O)C(=O)CCC=O.CNCCCCCNC(C)=O.NNC(=O)C1CC/C=C/C(OC=O)CC1. The highest BCUT2D eigenvalue weighted by atomic mass is 16.5. The van der Waals surface area contributed by atoms with Crippen molar-refractivity contribution in [3.8, 4) is 0 Å². The molecule has 55 heavy (non-hydrogen) atoms. The van der Waals surface area contributed by atoms with Gasteiger partial charge in [-0.15, -0.1) is 0 Å². The van der Waals surface area contributed by atoms with Crippen molar-refractivity contribution < 1.29 is 48.7 Å². The molecule has 1 aliphatic rings. The van der Waals surface area contributed by atoms with E-state index in [0.29, 0.717) is 68.0 Å². The second-order valence-corrected chi connectivity index (χ2v) is 13.0. The number of hydrazine groups is 1. The van der Waals surface area contributed by atoms with Crippen LogP contribution in [0.15, 0.2) is 12.2 Å². The van der Waals surface area contributed by atoms with E-state index in [-0.39, 0.29) is 68.5 Å². The van der Waals surface area contributed by atoms with Gasteiger partial charge < -0.3 is 30.8 Å². The number of nitrogens with one attached hydrogen (secondary N) is 5. The minimum absolute atomic E-state index is 0.00359. The highest BCUT2D eigenvalue weighted by Gasteiger charge is 2.20. The average molecular weight is 787 g/mol. The quantitative estimate of drug-likeness (QED) is 0.0112. The molecule has 0 radical (unpaired) electrons. The molecule has 1 rings (SSSR count). The number of hydroxylamine groups is 4. The van der Waals surface area contributed by atoms with E-state index in [1.54, 1.807) is 6.92 Å². The number of nitrogens with zero attached hydrogens (tertiary/aromatic N) is 2. The first-order valence-electron chi connectivity index (χ1n) is 19.5. The highest BCUT2D eigenvalue weighted by Crippen LogP contribution is 2.20. The van der Waals surface area contributed by atoms with E-state index in [2.05, 4.69) is 26.7 Å². The summed E-state index contributed by atoms with van der Waals surface area (Å²) in [5.41, 5.74) is 2.16. The Hall–Kier alpha value is -3.97. The Balaban J connectivity index is 0. The average Bonchev–Trinajstić information content (AvgIpc) is 3.16. The first kappa shape index (κ1) is 53.1. The summed E-state index contributed by atoms with van der Waals surface area (Å²) in [6, 6.07) is 0. The van der Waals surface area contributed by atoms with Gasteiger partial charge >= 0.3 is 0 Å². The highest BCUT2D eigenvalue weighted by molar-refractivity contribution is 5.83. The first-order valence-corrected chi connectivity index (χ1v) is 19.5. The normalized spacial score (nSPS) is 15.2. The molecule has 2 unspecified atom stereocenters. The number of allylic oxidation sites excluding steroid dienone is 1. The largest absolute Gasteiger partial charge is 0.460 e. The molecular formula is C37H70N8O10. The van der Waals surface area contributed by atoms with Crippen LogP contribution in [0.3, 0.4) is 0 Å². The van der Waals surface area contributed by atoms with Gasteiger partial charge in [0.1, 0.15) is 12.4 Å². The van der Waals surface area contributed by atoms with E-state index in [0.717, 1.165) is 51.7 Å². The van der Waals surface area contributed by atoms with Crippen LogP contribution in [-0.4, -0.2) is 122 Å². The molecule has 0 aromatic rings. The van der Waals surface area contributed by atoms with Crippen molar-refractivity contribution in [2.75, 3.05) is 53.4 Å². The molecule has 0 saturated carbocycles. The number of nitrogens with two attached hydrogens (primary N) is 1. The Morgan fingerprint density at radius 3 is 1.82 bits per heavy atom. The Bertz CT molecular complexity index is 1080. The van der Waals surface area contributed by atoms with Gasteiger partial charge in [0.15, 0.2) is 0 Å². The molecule has 18 nitrogen and oxygen atoms in total. The molecule has 0 aromatic carbocycles. The summed E-state index contributed by atoms with van der Waals surface area (Å²) in [6.45, 7) is 5.66. The molecule has 0 spiro atoms. The number of amides is 5. The van der Waals surface area contributed by atoms with Crippen LogP contribution in [0.5, 0.6) is 0 Å². The van der Waals surface area contributed by atoms with Gasteiger partial charge in [-0.25, -0.2) is 16.0 Å². The predicted molar refractivity (Wildman–Crippen MR) is 207 cm³/mol. The third-order valence-electron chi connectivity index (χ3n) is 8.34. The molecule has 0 heterocycles. The lowest BCUT2D eigenvalue weighted by Gasteiger charge is -2.19. The fourth-order valence-electron chi connectivity index (χ4n) is 5.11. The lowest BCUT2D eigenvalue weighted by molar-refractivity contribution is -0.166. The summed E-state index contributed by atoms with van der Waals surface area (Å²) in [7, 11) is 3.82. The maximum absolute atomic E-state index is 11.8. The van der Waals surface area contributed by atoms with Gasteiger partial charge in [0, 0.05) is 64.7 Å². The van der Waals surface area contributed by atoms with E-state index in [1.807, 2.05) is 26.2 Å². The van der Waals surface area contributed by atoms with Crippen molar-refractivity contribution in [2.45, 2.75) is 122 Å². The molecule has 0 fully saturated rings.